The fourth-order valence-electron chi connectivity index (χ4n) is 3.14. The minimum Gasteiger partial charge on any atom is -0.481 e. The molecule has 3 rings (SSSR count). The molecule has 1 amide bonds. The molecule has 0 spiro atoms. The van der Waals surface area contributed by atoms with Crippen molar-refractivity contribution in [1.29, 1.82) is 0 Å². The fraction of sp³-hybridized carbons (Fsp3) is 0.389. The highest BCUT2D eigenvalue weighted by molar-refractivity contribution is 5.95. The Morgan fingerprint density at radius 1 is 1.04 bits per heavy atom. The number of nitrogens with one attached hydrogen (secondary N) is 1. The number of hydrogen-bond acceptors (Lipinski definition) is 3. The van der Waals surface area contributed by atoms with E-state index in [9.17, 15) is 9.59 Å². The molecule has 1 aliphatic carbocycles. The van der Waals surface area contributed by atoms with Gasteiger partial charge in [-0.15, -0.1) is 0 Å². The van der Waals surface area contributed by atoms with E-state index in [4.69, 9.17) is 5.11 Å². The largest absolute Gasteiger partial charge is 0.481 e. The Labute approximate surface area is 134 Å². The second kappa shape index (κ2) is 6.77. The summed E-state index contributed by atoms with van der Waals surface area (Å²) in [6.07, 6.45) is 3.66. The number of carbonyl (C=O) groups excluding carboxylic acids is 1. The number of para-hydroxylation sites is 1. The predicted molar refractivity (Wildman–Crippen MR) is 87.2 cm³/mol. The highest BCUT2D eigenvalue weighted by Gasteiger charge is 2.24. The van der Waals surface area contributed by atoms with E-state index in [1.165, 1.54) is 0 Å². The van der Waals surface area contributed by atoms with Gasteiger partial charge in [-0.05, 0) is 37.8 Å². The third-order valence-corrected chi connectivity index (χ3v) is 4.48. The summed E-state index contributed by atoms with van der Waals surface area (Å²) in [4.78, 5) is 27.9. The molecule has 5 heteroatoms. The van der Waals surface area contributed by atoms with Crippen LogP contribution in [-0.4, -0.2) is 28.0 Å². The molecule has 1 fully saturated rings. The lowest BCUT2D eigenvalue weighted by Gasteiger charge is -2.16. The number of aromatic nitrogens is 1. The molecule has 5 nitrogen and oxygen atoms in total. The molecular weight excluding hydrogens is 292 g/mol. The number of hydrogen-bond donors (Lipinski definition) is 2. The first-order valence-corrected chi connectivity index (χ1v) is 8.03. The first kappa shape index (κ1) is 15.5. The minimum absolute atomic E-state index is 0.0279. The molecule has 0 radical (unpaired) electrons. The van der Waals surface area contributed by atoms with Crippen molar-refractivity contribution < 1.29 is 14.7 Å². The highest BCUT2D eigenvalue weighted by Crippen LogP contribution is 2.23. The Morgan fingerprint density at radius 3 is 2.70 bits per heavy atom. The monoisotopic (exact) mass is 312 g/mol. The minimum atomic E-state index is -0.729. The van der Waals surface area contributed by atoms with Crippen LogP contribution in [0.5, 0.6) is 0 Å². The molecule has 0 bridgehead atoms. The van der Waals surface area contributed by atoms with Gasteiger partial charge >= 0.3 is 5.97 Å². The molecule has 0 aliphatic heterocycles. The van der Waals surface area contributed by atoms with Crippen molar-refractivity contribution in [3.05, 3.63) is 42.1 Å². The summed E-state index contributed by atoms with van der Waals surface area (Å²) in [5.41, 5.74) is 1.20. The number of carboxylic acid groups (broad SMARTS) is 1. The number of aliphatic carboxylic acids is 1. The summed E-state index contributed by atoms with van der Waals surface area (Å²) in [6.45, 7) is 0. The number of pyridine rings is 1. The molecule has 120 valence electrons. The van der Waals surface area contributed by atoms with Crippen molar-refractivity contribution >= 4 is 22.8 Å². The molecule has 2 unspecified atom stereocenters. The van der Waals surface area contributed by atoms with Crippen LogP contribution in [0.25, 0.3) is 10.9 Å². The normalized spacial score (nSPS) is 21.6. The van der Waals surface area contributed by atoms with Gasteiger partial charge < -0.3 is 10.4 Å². The topological polar surface area (TPSA) is 79.3 Å². The van der Waals surface area contributed by atoms with Gasteiger partial charge in [0.25, 0.3) is 5.91 Å². The summed E-state index contributed by atoms with van der Waals surface area (Å²) >= 11 is 0. The van der Waals surface area contributed by atoms with Crippen LogP contribution in [0.15, 0.2) is 36.4 Å². The van der Waals surface area contributed by atoms with E-state index in [-0.39, 0.29) is 17.9 Å². The van der Waals surface area contributed by atoms with E-state index in [0.29, 0.717) is 25.0 Å². The van der Waals surface area contributed by atoms with E-state index in [1.54, 1.807) is 6.07 Å². The number of carbonyl (C=O) groups is 2. The first-order chi connectivity index (χ1) is 11.1. The van der Waals surface area contributed by atoms with Gasteiger partial charge in [0.1, 0.15) is 5.69 Å². The standard InChI is InChI=1S/C18H20N2O3/c21-17(16-11-9-12-4-1-2-7-15(12)20-16)19-14-6-3-5-13(8-10-14)18(22)23/h1-2,4,7,9,11,13-14H,3,5-6,8,10H2,(H,19,21)(H,22,23). The van der Waals surface area contributed by atoms with E-state index < -0.39 is 5.97 Å². The maximum absolute atomic E-state index is 12.4. The van der Waals surface area contributed by atoms with Gasteiger partial charge in [-0.1, -0.05) is 30.7 Å². The second-order valence-electron chi connectivity index (χ2n) is 6.10. The van der Waals surface area contributed by atoms with Crippen molar-refractivity contribution in [2.24, 2.45) is 5.92 Å². The molecule has 1 aromatic heterocycles. The zero-order valence-electron chi connectivity index (χ0n) is 12.9. The third-order valence-electron chi connectivity index (χ3n) is 4.48. The van der Waals surface area contributed by atoms with Crippen molar-refractivity contribution in [1.82, 2.24) is 10.3 Å². The van der Waals surface area contributed by atoms with Crippen LogP contribution in [0.2, 0.25) is 0 Å². The van der Waals surface area contributed by atoms with E-state index in [0.717, 1.165) is 23.7 Å². The Bertz CT molecular complexity index is 729. The fourth-order valence-corrected chi connectivity index (χ4v) is 3.14. The first-order valence-electron chi connectivity index (χ1n) is 8.03. The van der Waals surface area contributed by atoms with Crippen molar-refractivity contribution in [2.45, 2.75) is 38.1 Å². The van der Waals surface area contributed by atoms with Crippen LogP contribution in [0, 0.1) is 5.92 Å². The second-order valence-corrected chi connectivity index (χ2v) is 6.10. The zero-order chi connectivity index (χ0) is 16.2. The van der Waals surface area contributed by atoms with Crippen LogP contribution in [-0.2, 0) is 4.79 Å². The van der Waals surface area contributed by atoms with Crippen LogP contribution in [0.3, 0.4) is 0 Å². The van der Waals surface area contributed by atoms with Crippen molar-refractivity contribution in [3.63, 3.8) is 0 Å². The average Bonchev–Trinajstić information content (AvgIpc) is 2.80. The Balaban J connectivity index is 1.67. The molecule has 1 heterocycles. The average molecular weight is 312 g/mol. The van der Waals surface area contributed by atoms with E-state index >= 15 is 0 Å². The third kappa shape index (κ3) is 3.67. The van der Waals surface area contributed by atoms with Gasteiger partial charge in [0.2, 0.25) is 0 Å². The quantitative estimate of drug-likeness (QED) is 0.854. The molecular formula is C18H20N2O3. The molecule has 1 saturated carbocycles. The van der Waals surface area contributed by atoms with E-state index in [2.05, 4.69) is 10.3 Å². The molecule has 0 saturated heterocycles. The van der Waals surface area contributed by atoms with Crippen LogP contribution in [0.4, 0.5) is 0 Å². The van der Waals surface area contributed by atoms with Crippen LogP contribution >= 0.6 is 0 Å². The number of fused-ring (bicyclic) bond motifs is 1. The Kier molecular flexibility index (Phi) is 4.55. The summed E-state index contributed by atoms with van der Waals surface area (Å²) < 4.78 is 0. The number of nitrogens with zero attached hydrogens (tertiary/aromatic N) is 1. The molecule has 23 heavy (non-hydrogen) atoms. The van der Waals surface area contributed by atoms with E-state index in [1.807, 2.05) is 30.3 Å². The van der Waals surface area contributed by atoms with Gasteiger partial charge in [-0.2, -0.15) is 0 Å². The van der Waals surface area contributed by atoms with Crippen molar-refractivity contribution in [2.75, 3.05) is 0 Å². The number of rotatable bonds is 3. The molecule has 2 N–H and O–H groups in total. The zero-order valence-corrected chi connectivity index (χ0v) is 12.9. The van der Waals surface area contributed by atoms with Crippen LogP contribution in [0.1, 0.15) is 42.6 Å². The molecule has 1 aliphatic rings. The summed E-state index contributed by atoms with van der Waals surface area (Å²) in [5, 5.41) is 13.1. The SMILES string of the molecule is O=C(NC1CCCC(C(=O)O)CC1)c1ccc2ccccc2n1. The summed E-state index contributed by atoms with van der Waals surface area (Å²) in [7, 11) is 0. The lowest BCUT2D eigenvalue weighted by molar-refractivity contribution is -0.142. The summed E-state index contributed by atoms with van der Waals surface area (Å²) in [6, 6.07) is 11.3. The van der Waals surface area contributed by atoms with Gasteiger partial charge in [0, 0.05) is 11.4 Å². The highest BCUT2D eigenvalue weighted by atomic mass is 16.4. The van der Waals surface area contributed by atoms with Crippen LogP contribution < -0.4 is 5.32 Å². The van der Waals surface area contributed by atoms with Gasteiger partial charge in [-0.3, -0.25) is 9.59 Å². The van der Waals surface area contributed by atoms with Gasteiger partial charge in [-0.25, -0.2) is 4.98 Å². The van der Waals surface area contributed by atoms with Gasteiger partial charge in [0.15, 0.2) is 0 Å². The molecule has 1 aromatic carbocycles. The maximum atomic E-state index is 12.4. The lowest BCUT2D eigenvalue weighted by Crippen LogP contribution is -2.35. The Hall–Kier alpha value is -2.43. The number of amides is 1. The number of benzene rings is 1. The van der Waals surface area contributed by atoms with Crippen molar-refractivity contribution in [3.8, 4) is 0 Å². The molecule has 2 atom stereocenters. The smallest absolute Gasteiger partial charge is 0.306 e. The molecule has 2 aromatic rings. The predicted octanol–water partition coefficient (Wildman–Crippen LogP) is 3.00. The summed E-state index contributed by atoms with van der Waals surface area (Å²) in [5.74, 6) is -1.20. The lowest BCUT2D eigenvalue weighted by atomic mass is 10.0. The van der Waals surface area contributed by atoms with Gasteiger partial charge in [0.05, 0.1) is 11.4 Å². The number of carboxylic acids is 1. The Morgan fingerprint density at radius 2 is 1.87 bits per heavy atom. The maximum Gasteiger partial charge on any atom is 0.306 e.